The molecule has 1 aliphatic heterocycles. The van der Waals surface area contributed by atoms with Crippen molar-refractivity contribution in [3.8, 4) is 11.3 Å². The molecule has 3 heterocycles. The minimum Gasteiger partial charge on any atom is -0.365 e. The van der Waals surface area contributed by atoms with Crippen molar-refractivity contribution < 1.29 is 0 Å². The van der Waals surface area contributed by atoms with E-state index in [2.05, 4.69) is 69.6 Å². The summed E-state index contributed by atoms with van der Waals surface area (Å²) in [4.78, 5) is 10.9. The van der Waals surface area contributed by atoms with E-state index in [1.165, 1.54) is 42.4 Å². The molecule has 2 aromatic heterocycles. The Kier molecular flexibility index (Phi) is 10.5. The molecule has 2 fully saturated rings. The molecule has 0 spiro atoms. The van der Waals surface area contributed by atoms with Crippen LogP contribution in [0.15, 0.2) is 80.0 Å². The van der Waals surface area contributed by atoms with Crippen LogP contribution in [0.1, 0.15) is 57.1 Å². The van der Waals surface area contributed by atoms with Crippen LogP contribution in [-0.4, -0.2) is 34.5 Å². The number of nitrogens with one attached hydrogen (secondary N) is 1. The summed E-state index contributed by atoms with van der Waals surface area (Å²) in [6.45, 7) is 17.3. The van der Waals surface area contributed by atoms with Crippen LogP contribution in [0.5, 0.6) is 0 Å². The highest BCUT2D eigenvalue weighted by molar-refractivity contribution is 7.14. The van der Waals surface area contributed by atoms with Crippen molar-refractivity contribution in [2.24, 2.45) is 5.92 Å². The Morgan fingerprint density at radius 3 is 2.33 bits per heavy atom. The molecule has 1 atom stereocenters. The maximum atomic E-state index is 4.52. The molecule has 0 radical (unpaired) electrons. The minimum atomic E-state index is 0.450. The monoisotopic (exact) mass is 500 g/mol. The van der Waals surface area contributed by atoms with Crippen molar-refractivity contribution in [3.63, 3.8) is 0 Å². The van der Waals surface area contributed by atoms with Gasteiger partial charge in [-0.3, -0.25) is 4.98 Å². The topological polar surface area (TPSA) is 41.1 Å². The van der Waals surface area contributed by atoms with Gasteiger partial charge in [0.25, 0.3) is 0 Å². The number of pyridine rings is 1. The number of rotatable bonds is 8. The van der Waals surface area contributed by atoms with Gasteiger partial charge in [0.1, 0.15) is 0 Å². The first-order valence-corrected chi connectivity index (χ1v) is 13.9. The van der Waals surface area contributed by atoms with Crippen LogP contribution in [0.4, 0.5) is 5.13 Å². The molecule has 1 saturated carbocycles. The van der Waals surface area contributed by atoms with Gasteiger partial charge in [0.2, 0.25) is 0 Å². The minimum absolute atomic E-state index is 0.450. The maximum Gasteiger partial charge on any atom is 0.182 e. The van der Waals surface area contributed by atoms with Crippen molar-refractivity contribution in [2.45, 2.75) is 52.0 Å². The molecule has 3 aromatic rings. The molecule has 1 saturated heterocycles. The van der Waals surface area contributed by atoms with Crippen LogP contribution in [0, 0.1) is 5.92 Å². The Labute approximate surface area is 221 Å². The second-order valence-electron chi connectivity index (χ2n) is 8.94. The lowest BCUT2D eigenvalue weighted by Gasteiger charge is -2.26. The Morgan fingerprint density at radius 2 is 1.75 bits per heavy atom. The van der Waals surface area contributed by atoms with Gasteiger partial charge < -0.3 is 10.2 Å². The molecule has 0 amide bonds. The van der Waals surface area contributed by atoms with E-state index in [9.17, 15) is 0 Å². The number of hydrogen-bond acceptors (Lipinski definition) is 5. The van der Waals surface area contributed by atoms with E-state index in [-0.39, 0.29) is 0 Å². The number of benzene rings is 1. The largest absolute Gasteiger partial charge is 0.365 e. The third kappa shape index (κ3) is 7.41. The van der Waals surface area contributed by atoms with Gasteiger partial charge in [0, 0.05) is 54.2 Å². The van der Waals surface area contributed by atoms with Gasteiger partial charge in [-0.05, 0) is 61.3 Å². The van der Waals surface area contributed by atoms with E-state index < -0.39 is 0 Å². The quantitative estimate of drug-likeness (QED) is 0.315. The summed E-state index contributed by atoms with van der Waals surface area (Å²) in [7, 11) is 1.90. The molecule has 36 heavy (non-hydrogen) atoms. The van der Waals surface area contributed by atoms with E-state index in [0.717, 1.165) is 41.0 Å². The molecule has 1 aliphatic carbocycles. The summed E-state index contributed by atoms with van der Waals surface area (Å²) >= 11 is 1.63. The summed E-state index contributed by atoms with van der Waals surface area (Å²) < 4.78 is 0. The normalized spacial score (nSPS) is 16.2. The van der Waals surface area contributed by atoms with Gasteiger partial charge in [-0.15, -0.1) is 17.9 Å². The number of aromatic nitrogens is 2. The lowest BCUT2D eigenvalue weighted by atomic mass is 10.0. The molecule has 5 rings (SSSR count). The predicted octanol–water partition coefficient (Wildman–Crippen LogP) is 8.39. The predicted molar refractivity (Wildman–Crippen MR) is 158 cm³/mol. The summed E-state index contributed by atoms with van der Waals surface area (Å²) in [6, 6.07) is 13.1. The first-order valence-electron chi connectivity index (χ1n) is 13.0. The van der Waals surface area contributed by atoms with Crippen LogP contribution in [0.25, 0.3) is 22.5 Å². The van der Waals surface area contributed by atoms with Crippen LogP contribution < -0.4 is 5.32 Å². The molecule has 2 aliphatic rings. The van der Waals surface area contributed by atoms with Gasteiger partial charge in [-0.2, -0.15) is 0 Å². The maximum absolute atomic E-state index is 4.52. The molecule has 1 unspecified atom stereocenters. The third-order valence-corrected chi connectivity index (χ3v) is 7.33. The van der Waals surface area contributed by atoms with E-state index in [0.29, 0.717) is 6.04 Å². The van der Waals surface area contributed by atoms with Crippen molar-refractivity contribution in [1.29, 1.82) is 0 Å². The third-order valence-electron chi connectivity index (χ3n) is 6.47. The van der Waals surface area contributed by atoms with Crippen molar-refractivity contribution in [3.05, 3.63) is 91.1 Å². The number of likely N-dealkylation sites (tertiary alicyclic amines) is 1. The Hall–Kier alpha value is -3.18. The highest BCUT2D eigenvalue weighted by atomic mass is 32.1. The Balaban J connectivity index is 0.000000193. The standard InChI is InChI=1S/C16H18N2S.C13H16N2.C2H6/c1-11(9-12-3-4-12)13-5-7-14(8-6-13)15-10-19-16(17-2)18-15;1-3-13-5-4-10-15(13)11(2)12-6-8-14-9-7-12;1-2/h5-8,10,12H,1,3-4,9H2,2H3,(H,17,18);3,6-9,13H,1-2,4-5,10H2;1-2H3. The second kappa shape index (κ2) is 13.8. The molecule has 4 nitrogen and oxygen atoms in total. The first kappa shape index (κ1) is 27.4. The molecular formula is C31H40N4S. The number of thiazole rings is 1. The Morgan fingerprint density at radius 1 is 1.06 bits per heavy atom. The Bertz CT molecular complexity index is 1110. The zero-order chi connectivity index (χ0) is 25.9. The van der Waals surface area contributed by atoms with Crippen molar-refractivity contribution in [2.75, 3.05) is 18.9 Å². The fourth-order valence-corrected chi connectivity index (χ4v) is 4.95. The average molecular weight is 501 g/mol. The van der Waals surface area contributed by atoms with E-state index >= 15 is 0 Å². The SMILES string of the molecule is C=C(CC1CC1)c1ccc(-c2csc(NC)n2)cc1.C=CC1CCCN1C(=C)c1ccncc1.CC. The van der Waals surface area contributed by atoms with Gasteiger partial charge in [0.05, 0.1) is 5.69 Å². The van der Waals surface area contributed by atoms with Crippen molar-refractivity contribution in [1.82, 2.24) is 14.9 Å². The summed E-state index contributed by atoms with van der Waals surface area (Å²) in [5, 5.41) is 6.11. The van der Waals surface area contributed by atoms with Crippen LogP contribution in [0.3, 0.4) is 0 Å². The lowest BCUT2D eigenvalue weighted by molar-refractivity contribution is 0.425. The zero-order valence-corrected chi connectivity index (χ0v) is 22.9. The molecule has 190 valence electrons. The average Bonchev–Trinajstić information content (AvgIpc) is 3.42. The lowest BCUT2D eigenvalue weighted by Crippen LogP contribution is -2.25. The first-order chi connectivity index (χ1) is 17.6. The molecule has 5 heteroatoms. The number of hydrogen-bond donors (Lipinski definition) is 1. The number of allylic oxidation sites excluding steroid dienone is 1. The van der Waals surface area contributed by atoms with Crippen LogP contribution in [-0.2, 0) is 0 Å². The van der Waals surface area contributed by atoms with Crippen LogP contribution in [0.2, 0.25) is 0 Å². The van der Waals surface area contributed by atoms with E-state index in [1.54, 1.807) is 23.7 Å². The van der Waals surface area contributed by atoms with Gasteiger partial charge in [-0.25, -0.2) is 4.98 Å². The highest BCUT2D eigenvalue weighted by Gasteiger charge is 2.23. The number of nitrogens with zero attached hydrogens (tertiary/aromatic N) is 3. The van der Waals surface area contributed by atoms with E-state index in [4.69, 9.17) is 0 Å². The summed E-state index contributed by atoms with van der Waals surface area (Å²) in [5.41, 5.74) is 6.97. The zero-order valence-electron chi connectivity index (χ0n) is 22.0. The van der Waals surface area contributed by atoms with E-state index in [1.807, 2.05) is 39.1 Å². The molecule has 1 aromatic carbocycles. The summed E-state index contributed by atoms with van der Waals surface area (Å²) in [5.74, 6) is 0.893. The number of anilines is 1. The fraction of sp³-hybridized carbons (Fsp3) is 0.355. The summed E-state index contributed by atoms with van der Waals surface area (Å²) in [6.07, 6.45) is 11.9. The second-order valence-corrected chi connectivity index (χ2v) is 9.80. The molecule has 0 bridgehead atoms. The van der Waals surface area contributed by atoms with Crippen LogP contribution >= 0.6 is 11.3 Å². The van der Waals surface area contributed by atoms with Gasteiger partial charge in [0.15, 0.2) is 5.13 Å². The molecular weight excluding hydrogens is 460 g/mol. The smallest absolute Gasteiger partial charge is 0.182 e. The van der Waals surface area contributed by atoms with Gasteiger partial charge >= 0.3 is 0 Å². The fourth-order valence-electron chi connectivity index (χ4n) is 4.27. The van der Waals surface area contributed by atoms with Gasteiger partial charge in [-0.1, -0.05) is 57.3 Å². The highest BCUT2D eigenvalue weighted by Crippen LogP contribution is 2.37. The van der Waals surface area contributed by atoms with Crippen molar-refractivity contribution >= 4 is 27.7 Å². The molecule has 1 N–H and O–H groups in total.